The van der Waals surface area contributed by atoms with Crippen molar-refractivity contribution in [1.29, 1.82) is 0 Å². The number of aliphatic hydroxyl groups excluding tert-OH is 5. The zero-order valence-corrected chi connectivity index (χ0v) is 14.4. The molecule has 0 spiro atoms. The molecule has 12 nitrogen and oxygen atoms in total. The molecule has 5 N–H and O–H groups in total. The van der Waals surface area contributed by atoms with Crippen molar-refractivity contribution >= 4 is 5.97 Å². The van der Waals surface area contributed by atoms with Crippen LogP contribution in [0.15, 0.2) is 0 Å². The molecular formula is C14H24O12. The molecule has 2 saturated heterocycles. The van der Waals surface area contributed by atoms with Gasteiger partial charge < -0.3 is 54.0 Å². The van der Waals surface area contributed by atoms with Gasteiger partial charge in [0, 0.05) is 14.2 Å². The summed E-state index contributed by atoms with van der Waals surface area (Å²) in [5.41, 5.74) is 0. The molecule has 2 aliphatic rings. The minimum absolute atomic E-state index is 0.996. The van der Waals surface area contributed by atoms with Crippen molar-refractivity contribution in [2.45, 2.75) is 61.6 Å². The van der Waals surface area contributed by atoms with E-state index in [1.54, 1.807) is 0 Å². The molecule has 2 fully saturated rings. The van der Waals surface area contributed by atoms with Gasteiger partial charge in [-0.15, -0.1) is 0 Å². The third-order valence-electron chi connectivity index (χ3n) is 4.29. The van der Waals surface area contributed by atoms with E-state index in [2.05, 4.69) is 4.74 Å². The zero-order chi connectivity index (χ0) is 19.6. The van der Waals surface area contributed by atoms with E-state index in [0.717, 1.165) is 7.11 Å². The number of methoxy groups -OCH3 is 3. The van der Waals surface area contributed by atoms with Gasteiger partial charge in [-0.2, -0.15) is 0 Å². The average molecular weight is 384 g/mol. The second kappa shape index (κ2) is 8.84. The summed E-state index contributed by atoms with van der Waals surface area (Å²) < 4.78 is 30.2. The van der Waals surface area contributed by atoms with E-state index in [4.69, 9.17) is 23.7 Å². The van der Waals surface area contributed by atoms with Crippen molar-refractivity contribution in [3.63, 3.8) is 0 Å². The minimum Gasteiger partial charge on any atom is -0.467 e. The minimum atomic E-state index is -1.86. The SMILES string of the molecule is COC(=O)C1O[C@@H](O)[C@H](O)[C@@H](O)C1OC1O[C@H](OC)[C@@H](OC)C(O)C1O. The second-order valence-corrected chi connectivity index (χ2v) is 5.84. The van der Waals surface area contributed by atoms with E-state index in [1.807, 2.05) is 0 Å². The topological polar surface area (TPSA) is 174 Å². The first-order valence-corrected chi connectivity index (χ1v) is 7.76. The van der Waals surface area contributed by atoms with Gasteiger partial charge in [0.05, 0.1) is 7.11 Å². The van der Waals surface area contributed by atoms with Gasteiger partial charge in [-0.1, -0.05) is 0 Å². The highest BCUT2D eigenvalue weighted by Crippen LogP contribution is 2.30. The van der Waals surface area contributed by atoms with Crippen LogP contribution >= 0.6 is 0 Å². The predicted molar refractivity (Wildman–Crippen MR) is 78.3 cm³/mol. The maximum Gasteiger partial charge on any atom is 0.337 e. The van der Waals surface area contributed by atoms with Gasteiger partial charge in [0.1, 0.15) is 36.6 Å². The van der Waals surface area contributed by atoms with Gasteiger partial charge >= 0.3 is 5.97 Å². The first-order valence-electron chi connectivity index (χ1n) is 7.76. The van der Waals surface area contributed by atoms with Gasteiger partial charge in [-0.05, 0) is 0 Å². The lowest BCUT2D eigenvalue weighted by Gasteiger charge is -2.45. The molecule has 0 saturated carbocycles. The van der Waals surface area contributed by atoms with Crippen molar-refractivity contribution in [3.05, 3.63) is 0 Å². The number of hydrogen-bond acceptors (Lipinski definition) is 12. The maximum absolute atomic E-state index is 11.9. The third kappa shape index (κ3) is 3.99. The molecule has 0 aromatic carbocycles. The van der Waals surface area contributed by atoms with Gasteiger partial charge in [0.2, 0.25) is 0 Å². The molecule has 0 aliphatic carbocycles. The lowest BCUT2D eigenvalue weighted by molar-refractivity contribution is -0.377. The summed E-state index contributed by atoms with van der Waals surface area (Å²) in [7, 11) is 3.60. The standard InChI is InChI=1S/C14H24O12/c1-21-9-5(16)7(18)13(26-14(9)23-3)25-8-4(15)6(17)11(19)24-10(8)12(20)22-2/h4-11,13-19H,1-3H3/t4-,5?,6-,7?,8?,9+,10?,11-,13?,14+/m1/s1. The molecule has 26 heavy (non-hydrogen) atoms. The fraction of sp³-hybridized carbons (Fsp3) is 0.929. The molecule has 2 aliphatic heterocycles. The quantitative estimate of drug-likeness (QED) is 0.292. The lowest BCUT2D eigenvalue weighted by Crippen LogP contribution is -2.65. The van der Waals surface area contributed by atoms with Crippen molar-refractivity contribution in [3.8, 4) is 0 Å². The highest BCUT2D eigenvalue weighted by atomic mass is 16.8. The fourth-order valence-electron chi connectivity index (χ4n) is 2.82. The molecule has 2 rings (SSSR count). The summed E-state index contributed by atoms with van der Waals surface area (Å²) >= 11 is 0. The van der Waals surface area contributed by atoms with E-state index < -0.39 is 67.6 Å². The second-order valence-electron chi connectivity index (χ2n) is 5.84. The highest BCUT2D eigenvalue weighted by molar-refractivity contribution is 5.75. The summed E-state index contributed by atoms with van der Waals surface area (Å²) in [6.45, 7) is 0. The zero-order valence-electron chi connectivity index (χ0n) is 14.4. The van der Waals surface area contributed by atoms with E-state index >= 15 is 0 Å². The van der Waals surface area contributed by atoms with Crippen LogP contribution in [0.3, 0.4) is 0 Å². The van der Waals surface area contributed by atoms with Gasteiger partial charge in [-0.25, -0.2) is 4.79 Å². The van der Waals surface area contributed by atoms with Crippen molar-refractivity contribution in [2.24, 2.45) is 0 Å². The van der Waals surface area contributed by atoms with Crippen molar-refractivity contribution < 1.29 is 58.7 Å². The van der Waals surface area contributed by atoms with Crippen LogP contribution in [0, 0.1) is 0 Å². The molecule has 0 amide bonds. The van der Waals surface area contributed by atoms with Crippen molar-refractivity contribution in [2.75, 3.05) is 21.3 Å². The highest BCUT2D eigenvalue weighted by Gasteiger charge is 2.53. The largest absolute Gasteiger partial charge is 0.467 e. The first kappa shape index (κ1) is 21.4. The number of aliphatic hydroxyl groups is 5. The van der Waals surface area contributed by atoms with Crippen molar-refractivity contribution in [1.82, 2.24) is 0 Å². The Kier molecular flexibility index (Phi) is 7.27. The smallest absolute Gasteiger partial charge is 0.337 e. The van der Waals surface area contributed by atoms with Gasteiger partial charge in [0.15, 0.2) is 25.0 Å². The molecule has 0 bridgehead atoms. The van der Waals surface area contributed by atoms with Crippen LogP contribution in [0.5, 0.6) is 0 Å². The number of carbonyl (C=O) groups excluding carboxylic acids is 1. The van der Waals surface area contributed by atoms with E-state index in [0.29, 0.717) is 0 Å². The normalized spacial score (nSPS) is 46.8. The van der Waals surface area contributed by atoms with Crippen LogP contribution in [0.1, 0.15) is 0 Å². The van der Waals surface area contributed by atoms with Crippen LogP contribution in [0.25, 0.3) is 0 Å². The fourth-order valence-corrected chi connectivity index (χ4v) is 2.82. The Hall–Kier alpha value is -0.930. The Morgan fingerprint density at radius 2 is 1.38 bits per heavy atom. The number of rotatable bonds is 5. The Balaban J connectivity index is 2.20. The predicted octanol–water partition coefficient (Wildman–Crippen LogP) is -3.95. The molecule has 10 atom stereocenters. The summed E-state index contributed by atoms with van der Waals surface area (Å²) in [6, 6.07) is 0. The maximum atomic E-state index is 11.9. The number of esters is 1. The summed E-state index contributed by atoms with van der Waals surface area (Å²) in [5.74, 6) is -0.996. The number of hydrogen-bond donors (Lipinski definition) is 5. The molecule has 0 aromatic heterocycles. The Morgan fingerprint density at radius 1 is 0.769 bits per heavy atom. The van der Waals surface area contributed by atoms with E-state index in [9.17, 15) is 30.3 Å². The monoisotopic (exact) mass is 384 g/mol. The van der Waals surface area contributed by atoms with Crippen LogP contribution in [0.2, 0.25) is 0 Å². The van der Waals surface area contributed by atoms with E-state index in [1.165, 1.54) is 14.2 Å². The molecule has 5 unspecified atom stereocenters. The van der Waals surface area contributed by atoms with Crippen LogP contribution in [0.4, 0.5) is 0 Å². The third-order valence-corrected chi connectivity index (χ3v) is 4.29. The van der Waals surface area contributed by atoms with E-state index in [-0.39, 0.29) is 0 Å². The van der Waals surface area contributed by atoms with Crippen LogP contribution in [-0.2, 0) is 33.2 Å². The summed E-state index contributed by atoms with van der Waals surface area (Å²) in [5, 5.41) is 49.8. The molecule has 12 heteroatoms. The van der Waals surface area contributed by atoms with Gasteiger partial charge in [0.25, 0.3) is 0 Å². The molecule has 2 heterocycles. The van der Waals surface area contributed by atoms with Crippen LogP contribution < -0.4 is 0 Å². The molecular weight excluding hydrogens is 360 g/mol. The average Bonchev–Trinajstić information content (AvgIpc) is 2.64. The molecule has 0 radical (unpaired) electrons. The Bertz CT molecular complexity index is 473. The number of carbonyl (C=O) groups is 1. The summed E-state index contributed by atoms with van der Waals surface area (Å²) in [6.07, 6.45) is -15.5. The Labute approximate surface area is 148 Å². The molecule has 152 valence electrons. The Morgan fingerprint density at radius 3 is 1.92 bits per heavy atom. The summed E-state index contributed by atoms with van der Waals surface area (Å²) in [4.78, 5) is 11.9. The first-order chi connectivity index (χ1) is 12.3. The molecule has 0 aromatic rings. The lowest BCUT2D eigenvalue weighted by atomic mass is 9.98. The number of ether oxygens (including phenoxy) is 6. The van der Waals surface area contributed by atoms with Gasteiger partial charge in [-0.3, -0.25) is 0 Å². The van der Waals surface area contributed by atoms with Crippen LogP contribution in [-0.4, -0.2) is 114 Å².